The molecule has 0 aromatic carbocycles. The molecule has 1 aliphatic heterocycles. The molecule has 0 aromatic heterocycles. The predicted octanol–water partition coefficient (Wildman–Crippen LogP) is 1.79. The number of esters is 1. The van der Waals surface area contributed by atoms with Gasteiger partial charge in [0, 0.05) is 31.6 Å². The minimum atomic E-state index is -0.0175. The number of nitrogens with one attached hydrogen (secondary N) is 1. The molecular weight excluding hydrogens is 252 g/mol. The Morgan fingerprint density at radius 2 is 2.00 bits per heavy atom. The van der Waals surface area contributed by atoms with Gasteiger partial charge in [-0.05, 0) is 57.4 Å². The molecule has 2 atom stereocenters. The number of rotatable bonds is 7. The summed E-state index contributed by atoms with van der Waals surface area (Å²) >= 11 is 0. The molecule has 0 aromatic rings. The maximum atomic E-state index is 11.7. The van der Waals surface area contributed by atoms with E-state index in [0.717, 1.165) is 24.9 Å². The van der Waals surface area contributed by atoms with E-state index in [1.54, 1.807) is 0 Å². The fourth-order valence-corrected chi connectivity index (χ4v) is 3.39. The molecule has 1 heterocycles. The van der Waals surface area contributed by atoms with E-state index in [0.29, 0.717) is 25.0 Å². The quantitative estimate of drug-likeness (QED) is 0.722. The standard InChI is InChI=1S/C16H28N2O2/c1-2-20-16(19)8-13-7-14(17-9-12-3-4-12)11-18(10-13)15-5-6-15/h12-15,17H,2-11H2,1H3. The molecule has 2 aliphatic carbocycles. The van der Waals surface area contributed by atoms with E-state index in [2.05, 4.69) is 10.2 Å². The summed E-state index contributed by atoms with van der Waals surface area (Å²) in [6.07, 6.45) is 7.23. The molecule has 2 unspecified atom stereocenters. The topological polar surface area (TPSA) is 41.6 Å². The summed E-state index contributed by atoms with van der Waals surface area (Å²) in [6.45, 7) is 5.83. The second-order valence-corrected chi connectivity index (χ2v) is 6.84. The van der Waals surface area contributed by atoms with Gasteiger partial charge in [-0.3, -0.25) is 9.69 Å². The third kappa shape index (κ3) is 4.19. The summed E-state index contributed by atoms with van der Waals surface area (Å²) in [5.74, 6) is 1.38. The molecule has 3 fully saturated rings. The molecule has 0 bridgehead atoms. The van der Waals surface area contributed by atoms with Gasteiger partial charge in [-0.2, -0.15) is 0 Å². The third-order valence-electron chi connectivity index (χ3n) is 4.78. The SMILES string of the molecule is CCOC(=O)CC1CC(NCC2CC2)CN(C2CC2)C1. The van der Waals surface area contributed by atoms with Gasteiger partial charge in [0.2, 0.25) is 0 Å². The number of likely N-dealkylation sites (tertiary alicyclic amines) is 1. The largest absolute Gasteiger partial charge is 0.466 e. The van der Waals surface area contributed by atoms with Crippen LogP contribution in [-0.2, 0) is 9.53 Å². The zero-order valence-electron chi connectivity index (χ0n) is 12.6. The molecule has 20 heavy (non-hydrogen) atoms. The molecule has 2 saturated carbocycles. The van der Waals surface area contributed by atoms with Gasteiger partial charge in [0.05, 0.1) is 6.61 Å². The van der Waals surface area contributed by atoms with Crippen molar-refractivity contribution in [2.45, 2.75) is 57.5 Å². The van der Waals surface area contributed by atoms with Gasteiger partial charge >= 0.3 is 5.97 Å². The lowest BCUT2D eigenvalue weighted by Gasteiger charge is -2.38. The number of nitrogens with zero attached hydrogens (tertiary/aromatic N) is 1. The zero-order valence-corrected chi connectivity index (χ0v) is 12.6. The van der Waals surface area contributed by atoms with E-state index in [1.165, 1.54) is 38.8 Å². The second-order valence-electron chi connectivity index (χ2n) is 6.84. The van der Waals surface area contributed by atoms with Gasteiger partial charge in [-0.1, -0.05) is 0 Å². The maximum Gasteiger partial charge on any atom is 0.306 e. The normalized spacial score (nSPS) is 31.2. The summed E-state index contributed by atoms with van der Waals surface area (Å²) in [6, 6.07) is 1.37. The Bertz CT molecular complexity index is 339. The highest BCUT2D eigenvalue weighted by Crippen LogP contribution is 2.33. The van der Waals surface area contributed by atoms with Crippen molar-refractivity contribution in [3.05, 3.63) is 0 Å². The van der Waals surface area contributed by atoms with Crippen LogP contribution in [0.4, 0.5) is 0 Å². The lowest BCUT2D eigenvalue weighted by Crippen LogP contribution is -2.50. The number of ether oxygens (including phenoxy) is 1. The summed E-state index contributed by atoms with van der Waals surface area (Å²) < 4.78 is 5.12. The molecule has 4 heteroatoms. The molecule has 3 aliphatic rings. The third-order valence-corrected chi connectivity index (χ3v) is 4.78. The van der Waals surface area contributed by atoms with Crippen LogP contribution in [0.2, 0.25) is 0 Å². The lowest BCUT2D eigenvalue weighted by atomic mass is 9.91. The Labute approximate surface area is 122 Å². The van der Waals surface area contributed by atoms with Crippen LogP contribution >= 0.6 is 0 Å². The number of hydrogen-bond acceptors (Lipinski definition) is 4. The van der Waals surface area contributed by atoms with Crippen molar-refractivity contribution in [1.29, 1.82) is 0 Å². The highest BCUT2D eigenvalue weighted by atomic mass is 16.5. The maximum absolute atomic E-state index is 11.7. The van der Waals surface area contributed by atoms with Crippen LogP contribution in [0.15, 0.2) is 0 Å². The Hall–Kier alpha value is -0.610. The van der Waals surface area contributed by atoms with E-state index in [4.69, 9.17) is 4.74 Å². The van der Waals surface area contributed by atoms with Gasteiger partial charge in [-0.15, -0.1) is 0 Å². The number of carbonyl (C=O) groups is 1. The van der Waals surface area contributed by atoms with Crippen molar-refractivity contribution in [3.8, 4) is 0 Å². The van der Waals surface area contributed by atoms with E-state index in [-0.39, 0.29) is 5.97 Å². The van der Waals surface area contributed by atoms with E-state index in [1.807, 2.05) is 6.92 Å². The van der Waals surface area contributed by atoms with Gasteiger partial charge in [-0.25, -0.2) is 0 Å². The zero-order chi connectivity index (χ0) is 13.9. The Balaban J connectivity index is 1.50. The molecule has 114 valence electrons. The first-order valence-corrected chi connectivity index (χ1v) is 8.37. The Morgan fingerprint density at radius 1 is 1.20 bits per heavy atom. The molecule has 0 spiro atoms. The van der Waals surface area contributed by atoms with Gasteiger partial charge in [0.1, 0.15) is 0 Å². The minimum absolute atomic E-state index is 0.0175. The highest BCUT2D eigenvalue weighted by Gasteiger charge is 2.37. The summed E-state index contributed by atoms with van der Waals surface area (Å²) in [4.78, 5) is 14.3. The van der Waals surface area contributed by atoms with Crippen molar-refractivity contribution < 1.29 is 9.53 Å². The van der Waals surface area contributed by atoms with E-state index >= 15 is 0 Å². The van der Waals surface area contributed by atoms with Crippen molar-refractivity contribution in [3.63, 3.8) is 0 Å². The number of piperidine rings is 1. The lowest BCUT2D eigenvalue weighted by molar-refractivity contribution is -0.144. The monoisotopic (exact) mass is 280 g/mol. The average Bonchev–Trinajstić information content (AvgIpc) is 3.29. The molecule has 1 N–H and O–H groups in total. The first-order valence-electron chi connectivity index (χ1n) is 8.37. The Morgan fingerprint density at radius 3 is 2.65 bits per heavy atom. The van der Waals surface area contributed by atoms with Crippen LogP contribution in [0.5, 0.6) is 0 Å². The minimum Gasteiger partial charge on any atom is -0.466 e. The smallest absolute Gasteiger partial charge is 0.306 e. The van der Waals surface area contributed by atoms with Crippen molar-refractivity contribution in [2.75, 3.05) is 26.2 Å². The van der Waals surface area contributed by atoms with Crippen molar-refractivity contribution >= 4 is 5.97 Å². The summed E-state index contributed by atoms with van der Waals surface area (Å²) in [5, 5.41) is 3.74. The summed E-state index contributed by atoms with van der Waals surface area (Å²) in [5.41, 5.74) is 0. The first kappa shape index (κ1) is 14.3. The molecular formula is C16H28N2O2. The molecule has 3 rings (SSSR count). The van der Waals surface area contributed by atoms with Crippen LogP contribution in [0.25, 0.3) is 0 Å². The fraction of sp³-hybridized carbons (Fsp3) is 0.938. The van der Waals surface area contributed by atoms with Gasteiger partial charge in [0.15, 0.2) is 0 Å². The molecule has 4 nitrogen and oxygen atoms in total. The average molecular weight is 280 g/mol. The molecule has 0 radical (unpaired) electrons. The fourth-order valence-electron chi connectivity index (χ4n) is 3.39. The van der Waals surface area contributed by atoms with Gasteiger partial charge in [0.25, 0.3) is 0 Å². The van der Waals surface area contributed by atoms with Gasteiger partial charge < -0.3 is 10.1 Å². The van der Waals surface area contributed by atoms with E-state index < -0.39 is 0 Å². The van der Waals surface area contributed by atoms with E-state index in [9.17, 15) is 4.79 Å². The predicted molar refractivity (Wildman–Crippen MR) is 78.5 cm³/mol. The molecule has 1 saturated heterocycles. The van der Waals surface area contributed by atoms with Crippen LogP contribution in [0, 0.1) is 11.8 Å². The first-order chi connectivity index (χ1) is 9.74. The summed E-state index contributed by atoms with van der Waals surface area (Å²) in [7, 11) is 0. The Kier molecular flexibility index (Phi) is 4.61. The molecule has 0 amide bonds. The number of hydrogen-bond donors (Lipinski definition) is 1. The second kappa shape index (κ2) is 6.44. The van der Waals surface area contributed by atoms with Crippen molar-refractivity contribution in [2.24, 2.45) is 11.8 Å². The van der Waals surface area contributed by atoms with Crippen LogP contribution in [0.1, 0.15) is 45.4 Å². The van der Waals surface area contributed by atoms with Crippen LogP contribution in [0.3, 0.4) is 0 Å². The van der Waals surface area contributed by atoms with Crippen LogP contribution in [-0.4, -0.2) is 49.2 Å². The van der Waals surface area contributed by atoms with Crippen molar-refractivity contribution in [1.82, 2.24) is 10.2 Å². The number of carbonyl (C=O) groups excluding carboxylic acids is 1. The van der Waals surface area contributed by atoms with Crippen LogP contribution < -0.4 is 5.32 Å². The highest BCUT2D eigenvalue weighted by molar-refractivity contribution is 5.69.